The zero-order valence-electron chi connectivity index (χ0n) is 22.5. The van der Waals surface area contributed by atoms with Crippen LogP contribution in [0.5, 0.6) is 11.5 Å². The smallest absolute Gasteiger partial charge is 0.157 e. The summed E-state index contributed by atoms with van der Waals surface area (Å²) in [6, 6.07) is 15.4. The van der Waals surface area contributed by atoms with Crippen LogP contribution in [-0.2, 0) is 0 Å². The molecule has 2 aromatic carbocycles. The molecule has 0 unspecified atom stereocenters. The molecule has 0 aliphatic carbocycles. The second-order valence-corrected chi connectivity index (χ2v) is 8.91. The number of nitrogens with two attached hydrogens (primary N) is 2. The molecular weight excluding hydrogens is 575 g/mol. The fourth-order valence-electron chi connectivity index (χ4n) is 3.05. The standard InChI is InChI=1S/C13H15ClN4O.C8H11NO.C5H5Cl2N3.CH4/c1-8-16-12(15)11(14)13(17-8)18(2)9-5-4-6-10(7-9)19-3;1-9-7-4-3-5-8(6-7)10-2;1-2-9-4(7)3(6)5(8)10-2;/h4-7H,1-3H3,(H2,15,16,17);3-6,9H,1-2H3;1H3,(H2,8,9,10);1H4. The SMILES string of the molecule is C.CNc1cccc(OC)c1.COc1cccc(N(C)c2nc(C)nc(N)c2Cl)c1.Cc1nc(N)c(Cl)c(Cl)n1. The van der Waals surface area contributed by atoms with Gasteiger partial charge in [0.25, 0.3) is 0 Å². The Morgan fingerprint density at radius 1 is 0.775 bits per heavy atom. The molecule has 0 amide bonds. The zero-order valence-corrected chi connectivity index (χ0v) is 24.7. The number of nitrogens with zero attached hydrogens (tertiary/aromatic N) is 5. The summed E-state index contributed by atoms with van der Waals surface area (Å²) in [6.07, 6.45) is 0. The number of hydrogen-bond acceptors (Lipinski definition) is 10. The second kappa shape index (κ2) is 16.4. The van der Waals surface area contributed by atoms with Crippen molar-refractivity contribution in [2.24, 2.45) is 0 Å². The minimum absolute atomic E-state index is 0. The molecule has 0 aliphatic heterocycles. The summed E-state index contributed by atoms with van der Waals surface area (Å²) >= 11 is 17.3. The van der Waals surface area contributed by atoms with Crippen LogP contribution in [0.4, 0.5) is 28.8 Å². The van der Waals surface area contributed by atoms with Crippen molar-refractivity contribution in [1.29, 1.82) is 0 Å². The largest absolute Gasteiger partial charge is 0.497 e. The van der Waals surface area contributed by atoms with E-state index in [4.69, 9.17) is 55.7 Å². The lowest BCUT2D eigenvalue weighted by Crippen LogP contribution is -2.14. The molecule has 2 aromatic heterocycles. The molecule has 4 aromatic rings. The molecule has 0 bridgehead atoms. The van der Waals surface area contributed by atoms with Crippen molar-refractivity contribution in [3.8, 4) is 11.5 Å². The van der Waals surface area contributed by atoms with Gasteiger partial charge in [0.2, 0.25) is 0 Å². The molecule has 0 saturated heterocycles. The first kappa shape index (κ1) is 34.3. The number of nitrogen functional groups attached to an aromatic ring is 2. The molecule has 5 N–H and O–H groups in total. The van der Waals surface area contributed by atoms with Crippen LogP contribution >= 0.6 is 34.8 Å². The Morgan fingerprint density at radius 3 is 1.85 bits per heavy atom. The van der Waals surface area contributed by atoms with Gasteiger partial charge >= 0.3 is 0 Å². The van der Waals surface area contributed by atoms with Crippen LogP contribution in [0.15, 0.2) is 48.5 Å². The Kier molecular flexibility index (Phi) is 14.1. The molecule has 4 rings (SSSR count). The molecule has 0 radical (unpaired) electrons. The van der Waals surface area contributed by atoms with Crippen LogP contribution in [0.2, 0.25) is 15.2 Å². The van der Waals surface area contributed by atoms with Gasteiger partial charge in [-0.25, -0.2) is 19.9 Å². The van der Waals surface area contributed by atoms with Gasteiger partial charge in [-0.15, -0.1) is 0 Å². The Bertz CT molecular complexity index is 1350. The number of aromatic nitrogens is 4. The van der Waals surface area contributed by atoms with Crippen LogP contribution in [-0.4, -0.2) is 48.3 Å². The van der Waals surface area contributed by atoms with E-state index in [1.165, 1.54) is 0 Å². The highest BCUT2D eigenvalue weighted by molar-refractivity contribution is 6.42. The Labute approximate surface area is 250 Å². The van der Waals surface area contributed by atoms with Gasteiger partial charge in [0.15, 0.2) is 11.0 Å². The van der Waals surface area contributed by atoms with Crippen molar-refractivity contribution in [2.75, 3.05) is 50.0 Å². The molecule has 40 heavy (non-hydrogen) atoms. The fraction of sp³-hybridized carbons (Fsp3) is 0.259. The van der Waals surface area contributed by atoms with Crippen molar-refractivity contribution in [3.05, 3.63) is 75.4 Å². The predicted molar refractivity (Wildman–Crippen MR) is 168 cm³/mol. The number of nitrogens with one attached hydrogen (secondary N) is 1. The van der Waals surface area contributed by atoms with Gasteiger partial charge in [-0.05, 0) is 38.1 Å². The minimum atomic E-state index is 0. The number of methoxy groups -OCH3 is 2. The maximum absolute atomic E-state index is 6.16. The molecule has 216 valence electrons. The topological polar surface area (TPSA) is 137 Å². The molecular formula is C27H35Cl3N8O2. The van der Waals surface area contributed by atoms with Gasteiger partial charge in [0.1, 0.15) is 44.8 Å². The molecule has 0 fully saturated rings. The first-order valence-electron chi connectivity index (χ1n) is 11.4. The molecule has 0 spiro atoms. The summed E-state index contributed by atoms with van der Waals surface area (Å²) in [6.45, 7) is 3.47. The molecule has 2 heterocycles. The highest BCUT2D eigenvalue weighted by atomic mass is 35.5. The van der Waals surface area contributed by atoms with Gasteiger partial charge in [-0.1, -0.05) is 54.4 Å². The van der Waals surface area contributed by atoms with E-state index in [9.17, 15) is 0 Å². The van der Waals surface area contributed by atoms with E-state index in [2.05, 4.69) is 25.3 Å². The third-order valence-electron chi connectivity index (χ3n) is 5.04. The molecule has 0 aliphatic rings. The first-order chi connectivity index (χ1) is 18.5. The normalized spacial score (nSPS) is 9.62. The Hall–Kier alpha value is -3.73. The molecule has 0 atom stereocenters. The van der Waals surface area contributed by atoms with Crippen LogP contribution < -0.4 is 31.2 Å². The highest BCUT2D eigenvalue weighted by Crippen LogP contribution is 2.33. The third kappa shape index (κ3) is 9.78. The number of anilines is 5. The lowest BCUT2D eigenvalue weighted by molar-refractivity contribution is 0.415. The van der Waals surface area contributed by atoms with Crippen molar-refractivity contribution < 1.29 is 9.47 Å². The number of rotatable bonds is 5. The summed E-state index contributed by atoms with van der Waals surface area (Å²) in [5.74, 6) is 3.81. The molecule has 10 nitrogen and oxygen atoms in total. The van der Waals surface area contributed by atoms with E-state index in [-0.39, 0.29) is 29.2 Å². The van der Waals surface area contributed by atoms with Gasteiger partial charge < -0.3 is 31.2 Å². The molecule has 13 heteroatoms. The van der Waals surface area contributed by atoms with E-state index in [0.717, 1.165) is 22.9 Å². The van der Waals surface area contributed by atoms with Crippen LogP contribution in [0.3, 0.4) is 0 Å². The minimum Gasteiger partial charge on any atom is -0.497 e. The second-order valence-electron chi connectivity index (χ2n) is 7.80. The lowest BCUT2D eigenvalue weighted by atomic mass is 10.2. The number of benzene rings is 2. The molecule has 0 saturated carbocycles. The van der Waals surface area contributed by atoms with Gasteiger partial charge in [-0.2, -0.15) is 0 Å². The number of hydrogen-bond donors (Lipinski definition) is 3. The van der Waals surface area contributed by atoms with Crippen LogP contribution in [0.1, 0.15) is 19.1 Å². The third-order valence-corrected chi connectivity index (χ3v) is 6.14. The quantitative estimate of drug-likeness (QED) is 0.206. The van der Waals surface area contributed by atoms with Crippen molar-refractivity contribution in [2.45, 2.75) is 21.3 Å². The number of ether oxygens (including phenoxy) is 2. The average Bonchev–Trinajstić information content (AvgIpc) is 2.94. The van der Waals surface area contributed by atoms with Crippen molar-refractivity contribution >= 4 is 63.6 Å². The Morgan fingerprint density at radius 2 is 1.30 bits per heavy atom. The predicted octanol–water partition coefficient (Wildman–Crippen LogP) is 6.84. The van der Waals surface area contributed by atoms with E-state index in [1.807, 2.05) is 67.5 Å². The monoisotopic (exact) mass is 608 g/mol. The summed E-state index contributed by atoms with van der Waals surface area (Å²) in [5, 5.41) is 3.78. The summed E-state index contributed by atoms with van der Waals surface area (Å²) in [7, 11) is 7.03. The van der Waals surface area contributed by atoms with E-state index < -0.39 is 0 Å². The van der Waals surface area contributed by atoms with Crippen molar-refractivity contribution in [3.63, 3.8) is 0 Å². The van der Waals surface area contributed by atoms with E-state index in [1.54, 1.807) is 28.1 Å². The maximum Gasteiger partial charge on any atom is 0.157 e. The highest BCUT2D eigenvalue weighted by Gasteiger charge is 2.14. The van der Waals surface area contributed by atoms with Gasteiger partial charge in [0.05, 0.1) is 14.2 Å². The summed E-state index contributed by atoms with van der Waals surface area (Å²) in [5.41, 5.74) is 13.1. The average molecular weight is 610 g/mol. The van der Waals surface area contributed by atoms with Crippen LogP contribution in [0, 0.1) is 13.8 Å². The number of halogens is 3. The number of aryl methyl sites for hydroxylation is 2. The van der Waals surface area contributed by atoms with E-state index >= 15 is 0 Å². The fourth-order valence-corrected chi connectivity index (χ4v) is 3.57. The van der Waals surface area contributed by atoms with Crippen LogP contribution in [0.25, 0.3) is 0 Å². The first-order valence-corrected chi connectivity index (χ1v) is 12.6. The summed E-state index contributed by atoms with van der Waals surface area (Å²) < 4.78 is 10.2. The zero-order chi connectivity index (χ0) is 29.1. The maximum atomic E-state index is 6.16. The van der Waals surface area contributed by atoms with Crippen molar-refractivity contribution in [1.82, 2.24) is 19.9 Å². The van der Waals surface area contributed by atoms with Gasteiger partial charge in [0, 0.05) is 37.6 Å². The van der Waals surface area contributed by atoms with E-state index in [0.29, 0.717) is 22.5 Å². The lowest BCUT2D eigenvalue weighted by Gasteiger charge is -2.20. The van der Waals surface area contributed by atoms with Gasteiger partial charge in [-0.3, -0.25) is 0 Å². The Balaban J connectivity index is 0.000000324. The summed E-state index contributed by atoms with van der Waals surface area (Å²) in [4.78, 5) is 17.8.